The monoisotopic (exact) mass is 298 g/mol. The molecule has 106 valence electrons. The van der Waals surface area contributed by atoms with Gasteiger partial charge in [0.2, 0.25) is 11.9 Å². The Morgan fingerprint density at radius 3 is 2.45 bits per heavy atom. The average Bonchev–Trinajstić information content (AvgIpc) is 2.35. The van der Waals surface area contributed by atoms with Gasteiger partial charge in [0.15, 0.2) is 0 Å². The number of aromatic nitrogens is 1. The minimum absolute atomic E-state index is 0.0428. The Bertz CT molecular complexity index is 761. The molecule has 1 N–H and O–H groups in total. The highest BCUT2D eigenvalue weighted by Crippen LogP contribution is 2.21. The zero-order valence-electron chi connectivity index (χ0n) is 10.8. The molecule has 0 aliphatic carbocycles. The lowest BCUT2D eigenvalue weighted by atomic mass is 10.2. The van der Waals surface area contributed by atoms with Crippen LogP contribution in [0.15, 0.2) is 35.2 Å². The molecule has 0 radical (unpaired) electrons. The zero-order valence-corrected chi connectivity index (χ0v) is 11.6. The van der Waals surface area contributed by atoms with Crippen LogP contribution in [0.5, 0.6) is 0 Å². The number of benzene rings is 1. The van der Waals surface area contributed by atoms with E-state index in [1.165, 1.54) is 6.07 Å². The quantitative estimate of drug-likeness (QED) is 0.886. The van der Waals surface area contributed by atoms with Crippen molar-refractivity contribution in [3.05, 3.63) is 53.4 Å². The molecule has 0 bridgehead atoms. The van der Waals surface area contributed by atoms with Gasteiger partial charge in [-0.25, -0.2) is 8.42 Å². The van der Waals surface area contributed by atoms with Gasteiger partial charge in [-0.1, -0.05) is 12.1 Å². The number of nitrogens with one attached hydrogen (secondary N) is 1. The summed E-state index contributed by atoms with van der Waals surface area (Å²) in [6.45, 7) is 3.38. The summed E-state index contributed by atoms with van der Waals surface area (Å²) in [5.74, 6) is -2.23. The lowest BCUT2D eigenvalue weighted by Crippen LogP contribution is -2.16. The summed E-state index contributed by atoms with van der Waals surface area (Å²) in [7, 11) is -3.95. The van der Waals surface area contributed by atoms with E-state index >= 15 is 0 Å². The van der Waals surface area contributed by atoms with Gasteiger partial charge in [0, 0.05) is 0 Å². The van der Waals surface area contributed by atoms with Gasteiger partial charge in [-0.05, 0) is 43.2 Å². The minimum atomic E-state index is -3.95. The fourth-order valence-electron chi connectivity index (χ4n) is 1.68. The van der Waals surface area contributed by atoms with Gasteiger partial charge in [-0.3, -0.25) is 4.72 Å². The number of pyridine rings is 1. The van der Waals surface area contributed by atoms with Gasteiger partial charge in [0.25, 0.3) is 10.0 Å². The molecule has 0 spiro atoms. The number of nitrogens with zero attached hydrogens (tertiary/aromatic N) is 1. The first-order chi connectivity index (χ1) is 9.29. The maximum atomic E-state index is 13.4. The Morgan fingerprint density at radius 2 is 1.80 bits per heavy atom. The molecule has 1 aromatic carbocycles. The third-order valence-corrected chi connectivity index (χ3v) is 4.20. The smallest absolute Gasteiger partial charge is 0.262 e. The Morgan fingerprint density at radius 1 is 1.10 bits per heavy atom. The Kier molecular flexibility index (Phi) is 3.71. The van der Waals surface area contributed by atoms with Crippen molar-refractivity contribution in [2.24, 2.45) is 0 Å². The zero-order chi connectivity index (χ0) is 14.9. The minimum Gasteiger partial charge on any atom is -0.275 e. The molecule has 0 fully saturated rings. The van der Waals surface area contributed by atoms with Gasteiger partial charge < -0.3 is 0 Å². The Labute approximate surface area is 115 Å². The van der Waals surface area contributed by atoms with Gasteiger partial charge in [0.1, 0.15) is 5.69 Å². The van der Waals surface area contributed by atoms with Crippen LogP contribution in [0.2, 0.25) is 0 Å². The van der Waals surface area contributed by atoms with Crippen molar-refractivity contribution in [3.8, 4) is 0 Å². The summed E-state index contributed by atoms with van der Waals surface area (Å²) in [6.07, 6.45) is 0. The second-order valence-corrected chi connectivity index (χ2v) is 6.00. The molecule has 0 aliphatic heterocycles. The fourth-order valence-corrected chi connectivity index (χ4v) is 3.07. The molecule has 0 unspecified atom stereocenters. The highest BCUT2D eigenvalue weighted by atomic mass is 32.2. The molecular weight excluding hydrogens is 286 g/mol. The molecule has 2 rings (SSSR count). The van der Waals surface area contributed by atoms with Gasteiger partial charge >= 0.3 is 0 Å². The Hall–Kier alpha value is -2.02. The topological polar surface area (TPSA) is 59.1 Å². The van der Waals surface area contributed by atoms with Gasteiger partial charge in [-0.2, -0.15) is 13.8 Å². The van der Waals surface area contributed by atoms with Crippen molar-refractivity contribution in [1.29, 1.82) is 0 Å². The summed E-state index contributed by atoms with van der Waals surface area (Å²) in [4.78, 5) is 2.97. The number of halogens is 2. The first kappa shape index (κ1) is 14.4. The van der Waals surface area contributed by atoms with Gasteiger partial charge in [0.05, 0.1) is 4.90 Å². The molecule has 0 atom stereocenters. The lowest BCUT2D eigenvalue weighted by molar-refractivity contribution is 0.515. The summed E-state index contributed by atoms with van der Waals surface area (Å²) in [5.41, 5.74) is 0.888. The normalized spacial score (nSPS) is 11.4. The van der Waals surface area contributed by atoms with E-state index in [1.54, 1.807) is 26.0 Å². The lowest BCUT2D eigenvalue weighted by Gasteiger charge is -2.11. The van der Waals surface area contributed by atoms with E-state index in [4.69, 9.17) is 0 Å². The van der Waals surface area contributed by atoms with Crippen molar-refractivity contribution in [1.82, 2.24) is 4.98 Å². The molecule has 0 aliphatic rings. The van der Waals surface area contributed by atoms with E-state index in [-0.39, 0.29) is 4.90 Å². The summed E-state index contributed by atoms with van der Waals surface area (Å²) < 4.78 is 52.6. The van der Waals surface area contributed by atoms with Crippen LogP contribution >= 0.6 is 0 Å². The Balaban J connectivity index is 2.43. The summed E-state index contributed by atoms with van der Waals surface area (Å²) >= 11 is 0. The highest BCUT2D eigenvalue weighted by molar-refractivity contribution is 7.92. The third-order valence-electron chi connectivity index (χ3n) is 2.69. The van der Waals surface area contributed by atoms with Crippen LogP contribution < -0.4 is 4.72 Å². The molecule has 4 nitrogen and oxygen atoms in total. The van der Waals surface area contributed by atoms with Crippen molar-refractivity contribution >= 4 is 15.7 Å². The number of aryl methyl sites for hydroxylation is 2. The van der Waals surface area contributed by atoms with Crippen LogP contribution in [0.3, 0.4) is 0 Å². The van der Waals surface area contributed by atoms with Crippen molar-refractivity contribution in [2.45, 2.75) is 18.7 Å². The van der Waals surface area contributed by atoms with Crippen LogP contribution in [0, 0.1) is 25.7 Å². The van der Waals surface area contributed by atoms with Crippen molar-refractivity contribution < 1.29 is 17.2 Å². The number of rotatable bonds is 3. The second-order valence-electron chi connectivity index (χ2n) is 4.35. The molecule has 0 saturated carbocycles. The van der Waals surface area contributed by atoms with E-state index in [2.05, 4.69) is 9.71 Å². The molecular formula is C13H12F2N2O2S. The standard InChI is InChI=1S/C13H12F2N2O2S/c1-8-3-4-9(2)11(7-8)20(18,19)17-10-5-6-12(14)16-13(10)15/h3-7,17H,1-2H3. The SMILES string of the molecule is Cc1ccc(C)c(S(=O)(=O)Nc2ccc(F)nc2F)c1. The number of hydrogen-bond donors (Lipinski definition) is 1. The van der Waals surface area contributed by atoms with Crippen molar-refractivity contribution in [3.63, 3.8) is 0 Å². The molecule has 2 aromatic rings. The molecule has 20 heavy (non-hydrogen) atoms. The number of sulfonamides is 1. The predicted molar refractivity (Wildman–Crippen MR) is 70.9 cm³/mol. The van der Waals surface area contributed by atoms with Crippen LogP contribution in [-0.4, -0.2) is 13.4 Å². The third kappa shape index (κ3) is 2.93. The number of anilines is 1. The molecule has 1 heterocycles. The summed E-state index contributed by atoms with van der Waals surface area (Å²) in [5, 5.41) is 0. The predicted octanol–water partition coefficient (Wildman–Crippen LogP) is 2.78. The first-order valence-electron chi connectivity index (χ1n) is 5.72. The van der Waals surface area contributed by atoms with Crippen LogP contribution in [0.4, 0.5) is 14.5 Å². The molecule has 7 heteroatoms. The average molecular weight is 298 g/mol. The highest BCUT2D eigenvalue weighted by Gasteiger charge is 2.19. The van der Waals surface area contributed by atoms with Gasteiger partial charge in [-0.15, -0.1) is 0 Å². The van der Waals surface area contributed by atoms with E-state index in [0.29, 0.717) is 5.56 Å². The maximum absolute atomic E-state index is 13.4. The summed E-state index contributed by atoms with van der Waals surface area (Å²) in [6, 6.07) is 6.77. The fraction of sp³-hybridized carbons (Fsp3) is 0.154. The maximum Gasteiger partial charge on any atom is 0.262 e. The molecule has 1 aromatic heterocycles. The second kappa shape index (κ2) is 5.16. The van der Waals surface area contributed by atoms with E-state index < -0.39 is 27.6 Å². The number of hydrogen-bond acceptors (Lipinski definition) is 3. The van der Waals surface area contributed by atoms with E-state index in [1.807, 2.05) is 0 Å². The molecule has 0 amide bonds. The van der Waals surface area contributed by atoms with Crippen LogP contribution in [0.25, 0.3) is 0 Å². The molecule has 0 saturated heterocycles. The first-order valence-corrected chi connectivity index (χ1v) is 7.20. The van der Waals surface area contributed by atoms with Crippen LogP contribution in [-0.2, 0) is 10.0 Å². The van der Waals surface area contributed by atoms with E-state index in [9.17, 15) is 17.2 Å². The van der Waals surface area contributed by atoms with Crippen molar-refractivity contribution in [2.75, 3.05) is 4.72 Å². The van der Waals surface area contributed by atoms with E-state index in [0.717, 1.165) is 17.7 Å². The largest absolute Gasteiger partial charge is 0.275 e. The van der Waals surface area contributed by atoms with Crippen LogP contribution in [0.1, 0.15) is 11.1 Å².